The van der Waals surface area contributed by atoms with Crippen molar-refractivity contribution in [3.63, 3.8) is 0 Å². The summed E-state index contributed by atoms with van der Waals surface area (Å²) in [6.07, 6.45) is 1.52. The summed E-state index contributed by atoms with van der Waals surface area (Å²) in [5.74, 6) is 1.38. The first kappa shape index (κ1) is 27.2. The third-order valence-corrected chi connectivity index (χ3v) is 8.31. The van der Waals surface area contributed by atoms with Gasteiger partial charge in [0.1, 0.15) is 23.7 Å². The van der Waals surface area contributed by atoms with E-state index in [-0.39, 0.29) is 34.4 Å². The van der Waals surface area contributed by atoms with E-state index >= 15 is 0 Å². The van der Waals surface area contributed by atoms with Crippen LogP contribution in [0.5, 0.6) is 5.75 Å². The van der Waals surface area contributed by atoms with Crippen molar-refractivity contribution < 1.29 is 9.53 Å². The van der Waals surface area contributed by atoms with Gasteiger partial charge >= 0.3 is 0 Å². The molecule has 1 aromatic heterocycles. The monoisotopic (exact) mass is 523 g/mol. The Morgan fingerprint density at radius 1 is 1.11 bits per heavy atom. The Balaban J connectivity index is 1.39. The van der Waals surface area contributed by atoms with Crippen LogP contribution in [0.25, 0.3) is 0 Å². The number of piperazine rings is 1. The number of benzene rings is 1. The first-order valence-electron chi connectivity index (χ1n) is 12.9. The van der Waals surface area contributed by atoms with E-state index in [0.29, 0.717) is 21.9 Å². The van der Waals surface area contributed by atoms with Crippen LogP contribution in [-0.4, -0.2) is 59.7 Å². The van der Waals surface area contributed by atoms with Crippen LogP contribution >= 0.6 is 11.6 Å². The zero-order chi connectivity index (χ0) is 27.2. The lowest BCUT2D eigenvalue weighted by Gasteiger charge is -2.63. The molecule has 4 rings (SSSR count). The van der Waals surface area contributed by atoms with Crippen molar-refractivity contribution in [1.82, 2.24) is 15.2 Å². The summed E-state index contributed by atoms with van der Waals surface area (Å²) < 4.78 is 6.32. The van der Waals surface area contributed by atoms with E-state index < -0.39 is 0 Å². The average Bonchev–Trinajstić information content (AvgIpc) is 2.85. The molecule has 8 heteroatoms. The highest BCUT2D eigenvalue weighted by Gasteiger charge is 2.64. The number of aromatic nitrogens is 1. The maximum atomic E-state index is 13.2. The summed E-state index contributed by atoms with van der Waals surface area (Å²) in [6.45, 7) is 19.0. The van der Waals surface area contributed by atoms with Crippen molar-refractivity contribution in [3.05, 3.63) is 52.7 Å². The molecule has 2 fully saturated rings. The van der Waals surface area contributed by atoms with Gasteiger partial charge in [0, 0.05) is 60.9 Å². The maximum absolute atomic E-state index is 13.2. The Hall–Kier alpha value is -2.82. The Kier molecular flexibility index (Phi) is 7.22. The topological polar surface area (TPSA) is 81.5 Å². The van der Waals surface area contributed by atoms with Crippen LogP contribution in [0.3, 0.4) is 0 Å². The van der Waals surface area contributed by atoms with E-state index in [2.05, 4.69) is 74.6 Å². The minimum atomic E-state index is -0.320. The predicted molar refractivity (Wildman–Crippen MR) is 147 cm³/mol. The van der Waals surface area contributed by atoms with E-state index in [1.165, 1.54) is 0 Å². The molecule has 0 unspecified atom stereocenters. The Morgan fingerprint density at radius 3 is 2.27 bits per heavy atom. The first-order chi connectivity index (χ1) is 17.2. The molecule has 1 aliphatic carbocycles. The van der Waals surface area contributed by atoms with Gasteiger partial charge in [0.25, 0.3) is 5.91 Å². The SMILES string of the molecule is CC1(C)C(NC(=O)c2ccc(N3CCN(C(C)(C)C)CC3)nc2)C(C)(C)C1Oc1ccc(C#N)c(Cl)c1. The van der Waals surface area contributed by atoms with Crippen molar-refractivity contribution in [3.8, 4) is 11.8 Å². The summed E-state index contributed by atoms with van der Waals surface area (Å²) in [5.41, 5.74) is 0.494. The predicted octanol–water partition coefficient (Wildman–Crippen LogP) is 5.14. The number of halogens is 1. The molecule has 1 amide bonds. The Morgan fingerprint density at radius 2 is 1.76 bits per heavy atom. The van der Waals surface area contributed by atoms with Crippen molar-refractivity contribution in [2.45, 2.75) is 66.2 Å². The van der Waals surface area contributed by atoms with Gasteiger partial charge in [-0.1, -0.05) is 39.3 Å². The highest BCUT2D eigenvalue weighted by molar-refractivity contribution is 6.31. The number of nitrogens with zero attached hydrogens (tertiary/aromatic N) is 4. The van der Waals surface area contributed by atoms with Gasteiger partial charge in [0.05, 0.1) is 16.1 Å². The second kappa shape index (κ2) is 9.81. The second-order valence-electron chi connectivity index (χ2n) is 12.4. The summed E-state index contributed by atoms with van der Waals surface area (Å²) >= 11 is 6.20. The molecule has 1 aromatic carbocycles. The quantitative estimate of drug-likeness (QED) is 0.584. The number of ether oxygens (including phenoxy) is 1. The molecule has 1 N–H and O–H groups in total. The van der Waals surface area contributed by atoms with Crippen molar-refractivity contribution in [2.24, 2.45) is 10.8 Å². The molecule has 198 valence electrons. The Labute approximate surface area is 225 Å². The largest absolute Gasteiger partial charge is 0.489 e. The fourth-order valence-electron chi connectivity index (χ4n) is 6.12. The number of anilines is 1. The molecule has 1 saturated heterocycles. The van der Waals surface area contributed by atoms with Crippen LogP contribution in [0.15, 0.2) is 36.5 Å². The minimum Gasteiger partial charge on any atom is -0.489 e. The van der Waals surface area contributed by atoms with Crippen LogP contribution < -0.4 is 15.0 Å². The zero-order valence-electron chi connectivity index (χ0n) is 22.9. The normalized spacial score (nSPS) is 23.1. The molecule has 0 atom stereocenters. The third kappa shape index (κ3) is 5.28. The number of hydrogen-bond donors (Lipinski definition) is 1. The number of nitrogens with one attached hydrogen (secondary N) is 1. The minimum absolute atomic E-state index is 0.100. The second-order valence-corrected chi connectivity index (χ2v) is 12.8. The van der Waals surface area contributed by atoms with Crippen LogP contribution in [0.2, 0.25) is 5.02 Å². The van der Waals surface area contributed by atoms with Gasteiger partial charge in [-0.2, -0.15) is 5.26 Å². The molecule has 2 aliphatic rings. The van der Waals surface area contributed by atoms with E-state index in [1.807, 2.05) is 12.1 Å². The van der Waals surface area contributed by atoms with Crippen LogP contribution in [0.1, 0.15) is 64.4 Å². The van der Waals surface area contributed by atoms with Gasteiger partial charge in [0.15, 0.2) is 0 Å². The fourth-order valence-corrected chi connectivity index (χ4v) is 6.34. The lowest BCUT2D eigenvalue weighted by atomic mass is 9.49. The van der Waals surface area contributed by atoms with E-state index in [9.17, 15) is 4.79 Å². The third-order valence-electron chi connectivity index (χ3n) is 7.99. The Bertz CT molecular complexity index is 1170. The lowest BCUT2D eigenvalue weighted by Crippen LogP contribution is -2.74. The molecule has 0 radical (unpaired) electrons. The molecular weight excluding hydrogens is 486 g/mol. The van der Waals surface area contributed by atoms with Gasteiger partial charge < -0.3 is 15.0 Å². The van der Waals surface area contributed by atoms with Crippen molar-refractivity contribution in [1.29, 1.82) is 5.26 Å². The zero-order valence-corrected chi connectivity index (χ0v) is 23.7. The molecular formula is C29H38ClN5O2. The number of nitriles is 1. The molecule has 1 aliphatic heterocycles. The van der Waals surface area contributed by atoms with Crippen molar-refractivity contribution in [2.75, 3.05) is 31.1 Å². The number of rotatable bonds is 5. The molecule has 1 saturated carbocycles. The molecule has 2 heterocycles. The highest BCUT2D eigenvalue weighted by Crippen LogP contribution is 2.55. The molecule has 0 bridgehead atoms. The molecule has 2 aromatic rings. The lowest BCUT2D eigenvalue weighted by molar-refractivity contribution is -0.164. The maximum Gasteiger partial charge on any atom is 0.253 e. The molecule has 0 spiro atoms. The number of hydrogen-bond acceptors (Lipinski definition) is 6. The molecule has 7 nitrogen and oxygen atoms in total. The van der Waals surface area contributed by atoms with Gasteiger partial charge in [-0.05, 0) is 45.0 Å². The van der Waals surface area contributed by atoms with Crippen LogP contribution in [0, 0.1) is 22.2 Å². The average molecular weight is 524 g/mol. The van der Waals surface area contributed by atoms with E-state index in [4.69, 9.17) is 21.6 Å². The van der Waals surface area contributed by atoms with Crippen LogP contribution in [-0.2, 0) is 0 Å². The molecule has 37 heavy (non-hydrogen) atoms. The van der Waals surface area contributed by atoms with E-state index in [0.717, 1.165) is 32.0 Å². The van der Waals surface area contributed by atoms with Gasteiger partial charge in [-0.15, -0.1) is 0 Å². The fraction of sp³-hybridized carbons (Fsp3) is 0.552. The van der Waals surface area contributed by atoms with Gasteiger partial charge in [-0.3, -0.25) is 9.69 Å². The van der Waals surface area contributed by atoms with Crippen LogP contribution in [0.4, 0.5) is 5.82 Å². The summed E-state index contributed by atoms with van der Waals surface area (Å²) in [6, 6.07) is 10.9. The highest BCUT2D eigenvalue weighted by atomic mass is 35.5. The van der Waals surface area contributed by atoms with Crippen molar-refractivity contribution >= 4 is 23.3 Å². The van der Waals surface area contributed by atoms with Gasteiger partial charge in [0.2, 0.25) is 0 Å². The summed E-state index contributed by atoms with van der Waals surface area (Å²) in [4.78, 5) is 22.6. The summed E-state index contributed by atoms with van der Waals surface area (Å²) in [7, 11) is 0. The van der Waals surface area contributed by atoms with Gasteiger partial charge in [-0.25, -0.2) is 4.98 Å². The first-order valence-corrected chi connectivity index (χ1v) is 13.3. The number of amides is 1. The standard InChI is InChI=1S/C29H38ClN5O2/c1-27(2,3)35-14-12-34(13-15-35)23-11-9-20(18-32-23)24(36)33-25-28(4,5)26(29(25,6)7)37-21-10-8-19(17-31)22(30)16-21/h8-11,16,18,25-26H,12-15H2,1-7H3,(H,33,36). The number of pyridine rings is 1. The van der Waals surface area contributed by atoms with E-state index in [1.54, 1.807) is 24.4 Å². The number of carbonyl (C=O) groups excluding carboxylic acids is 1. The summed E-state index contributed by atoms with van der Waals surface area (Å²) in [5, 5.41) is 12.7. The number of carbonyl (C=O) groups is 1. The smallest absolute Gasteiger partial charge is 0.253 e.